The Morgan fingerprint density at radius 2 is 2.25 bits per heavy atom. The van der Waals surface area contributed by atoms with Gasteiger partial charge in [-0.1, -0.05) is 11.6 Å². The van der Waals surface area contributed by atoms with Crippen molar-refractivity contribution >= 4 is 0 Å². The minimum atomic E-state index is 0.527. The Kier molecular flexibility index (Phi) is 3.44. The monoisotopic (exact) mass is 272 g/mol. The second-order valence-corrected chi connectivity index (χ2v) is 5.39. The van der Waals surface area contributed by atoms with Crippen molar-refractivity contribution in [3.05, 3.63) is 29.6 Å². The maximum absolute atomic E-state index is 5.77. The van der Waals surface area contributed by atoms with Gasteiger partial charge in [0.05, 0.1) is 12.7 Å². The van der Waals surface area contributed by atoms with E-state index in [1.54, 1.807) is 7.11 Å². The Labute approximate surface area is 118 Å². The van der Waals surface area contributed by atoms with Crippen LogP contribution in [0.1, 0.15) is 17.8 Å². The van der Waals surface area contributed by atoms with Crippen molar-refractivity contribution in [1.29, 1.82) is 0 Å². The topological polar surface area (TPSA) is 66.0 Å². The average molecular weight is 272 g/mol. The van der Waals surface area contributed by atoms with Crippen molar-refractivity contribution in [2.45, 2.75) is 26.3 Å². The first kappa shape index (κ1) is 13.1. The fraction of sp³-hybridized carbons (Fsp3) is 0.467. The molecule has 0 fully saturated rings. The fourth-order valence-electron chi connectivity index (χ4n) is 2.79. The Hall–Kier alpha value is -1.88. The highest BCUT2D eigenvalue weighted by atomic mass is 16.5. The van der Waals surface area contributed by atoms with Gasteiger partial charge in [-0.25, -0.2) is 0 Å². The van der Waals surface area contributed by atoms with Crippen LogP contribution in [-0.2, 0) is 13.0 Å². The third kappa shape index (κ3) is 2.18. The molecule has 0 bridgehead atoms. The number of nitrogens with two attached hydrogens (primary N) is 1. The molecule has 2 heterocycles. The van der Waals surface area contributed by atoms with Gasteiger partial charge in [-0.05, 0) is 37.9 Å². The molecule has 1 aromatic carbocycles. The van der Waals surface area contributed by atoms with E-state index < -0.39 is 0 Å². The first-order valence-electron chi connectivity index (χ1n) is 7.00. The molecule has 3 rings (SSSR count). The number of hydrogen-bond acceptors (Lipinski definition) is 4. The molecule has 0 amide bonds. The predicted octanol–water partition coefficient (Wildman–Crippen LogP) is 1.78. The lowest BCUT2D eigenvalue weighted by Gasteiger charge is -2.22. The summed E-state index contributed by atoms with van der Waals surface area (Å²) in [5, 5.41) is 8.72. The Morgan fingerprint density at radius 3 is 3.00 bits per heavy atom. The maximum Gasteiger partial charge on any atom is 0.167 e. The molecule has 0 aliphatic carbocycles. The van der Waals surface area contributed by atoms with Gasteiger partial charge in [-0.3, -0.25) is 0 Å². The number of aryl methyl sites for hydroxylation is 1. The zero-order chi connectivity index (χ0) is 14.1. The molecule has 1 atom stereocenters. The van der Waals surface area contributed by atoms with Crippen LogP contribution in [0.5, 0.6) is 5.75 Å². The van der Waals surface area contributed by atoms with E-state index in [9.17, 15) is 0 Å². The highest BCUT2D eigenvalue weighted by Crippen LogP contribution is 2.32. The van der Waals surface area contributed by atoms with E-state index in [0.717, 1.165) is 48.9 Å². The number of ether oxygens (including phenoxy) is 1. The number of aromatic nitrogens is 3. The minimum absolute atomic E-state index is 0.527. The molecule has 2 aromatic rings. The predicted molar refractivity (Wildman–Crippen MR) is 77.6 cm³/mol. The lowest BCUT2D eigenvalue weighted by atomic mass is 9.98. The van der Waals surface area contributed by atoms with Gasteiger partial charge in [0.25, 0.3) is 0 Å². The maximum atomic E-state index is 5.77. The summed E-state index contributed by atoms with van der Waals surface area (Å²) in [4.78, 5) is 0. The summed E-state index contributed by atoms with van der Waals surface area (Å²) in [5.74, 6) is 3.30. The van der Waals surface area contributed by atoms with E-state index in [2.05, 4.69) is 27.8 Å². The highest BCUT2D eigenvalue weighted by molar-refractivity contribution is 5.65. The molecule has 5 nitrogen and oxygen atoms in total. The second kappa shape index (κ2) is 5.25. The molecule has 106 valence electrons. The van der Waals surface area contributed by atoms with Crippen LogP contribution < -0.4 is 10.5 Å². The standard InChI is InChI=1S/C15H20N4O/c1-10-3-4-13(20-2)12(7-10)15-18-17-14-8-11(9-16)5-6-19(14)15/h3-4,7,11H,5-6,8-9,16H2,1-2H3. The number of hydrogen-bond donors (Lipinski definition) is 1. The van der Waals surface area contributed by atoms with E-state index in [1.165, 1.54) is 5.56 Å². The van der Waals surface area contributed by atoms with Crippen LogP contribution in [-0.4, -0.2) is 28.4 Å². The summed E-state index contributed by atoms with van der Waals surface area (Å²) in [6.45, 7) is 3.72. The van der Waals surface area contributed by atoms with E-state index in [1.807, 2.05) is 12.1 Å². The molecular formula is C15H20N4O. The summed E-state index contributed by atoms with van der Waals surface area (Å²) in [7, 11) is 1.69. The van der Waals surface area contributed by atoms with Gasteiger partial charge in [0.2, 0.25) is 0 Å². The largest absolute Gasteiger partial charge is 0.496 e. The highest BCUT2D eigenvalue weighted by Gasteiger charge is 2.24. The molecule has 1 unspecified atom stereocenters. The van der Waals surface area contributed by atoms with Gasteiger partial charge in [0.15, 0.2) is 5.82 Å². The Morgan fingerprint density at radius 1 is 1.40 bits per heavy atom. The zero-order valence-corrected chi connectivity index (χ0v) is 12.0. The van der Waals surface area contributed by atoms with E-state index in [0.29, 0.717) is 5.92 Å². The van der Waals surface area contributed by atoms with Gasteiger partial charge in [0, 0.05) is 13.0 Å². The minimum Gasteiger partial charge on any atom is -0.496 e. The van der Waals surface area contributed by atoms with Crippen molar-refractivity contribution in [1.82, 2.24) is 14.8 Å². The average Bonchev–Trinajstić information content (AvgIpc) is 2.89. The smallest absolute Gasteiger partial charge is 0.167 e. The summed E-state index contributed by atoms with van der Waals surface area (Å²) in [5.41, 5.74) is 7.97. The molecule has 20 heavy (non-hydrogen) atoms. The number of methoxy groups -OCH3 is 1. The van der Waals surface area contributed by atoms with Gasteiger partial charge in [-0.2, -0.15) is 0 Å². The van der Waals surface area contributed by atoms with Gasteiger partial charge in [-0.15, -0.1) is 10.2 Å². The van der Waals surface area contributed by atoms with Gasteiger partial charge >= 0.3 is 0 Å². The number of rotatable bonds is 3. The number of benzene rings is 1. The van der Waals surface area contributed by atoms with Crippen LogP contribution in [0, 0.1) is 12.8 Å². The zero-order valence-electron chi connectivity index (χ0n) is 12.0. The van der Waals surface area contributed by atoms with Gasteiger partial charge in [0.1, 0.15) is 11.6 Å². The van der Waals surface area contributed by atoms with Crippen molar-refractivity contribution < 1.29 is 4.74 Å². The molecule has 0 saturated carbocycles. The van der Waals surface area contributed by atoms with Crippen LogP contribution in [0.15, 0.2) is 18.2 Å². The van der Waals surface area contributed by atoms with Crippen molar-refractivity contribution in [2.24, 2.45) is 11.7 Å². The molecule has 2 N–H and O–H groups in total. The van der Waals surface area contributed by atoms with Crippen molar-refractivity contribution in [2.75, 3.05) is 13.7 Å². The number of fused-ring (bicyclic) bond motifs is 1. The Balaban J connectivity index is 2.04. The SMILES string of the molecule is COc1ccc(C)cc1-c1nnc2n1CCC(CN)C2. The molecule has 1 aliphatic rings. The molecular weight excluding hydrogens is 252 g/mol. The van der Waals surface area contributed by atoms with Crippen LogP contribution in [0.25, 0.3) is 11.4 Å². The van der Waals surface area contributed by atoms with Crippen LogP contribution in [0.4, 0.5) is 0 Å². The lowest BCUT2D eigenvalue weighted by Crippen LogP contribution is -2.25. The normalized spacial score (nSPS) is 17.9. The van der Waals surface area contributed by atoms with Crippen molar-refractivity contribution in [3.8, 4) is 17.1 Å². The Bertz CT molecular complexity index is 620. The summed E-state index contributed by atoms with van der Waals surface area (Å²) in [6.07, 6.45) is 2.00. The van der Waals surface area contributed by atoms with Crippen molar-refractivity contribution in [3.63, 3.8) is 0 Å². The molecule has 0 spiro atoms. The van der Waals surface area contributed by atoms with E-state index in [4.69, 9.17) is 10.5 Å². The summed E-state index contributed by atoms with van der Waals surface area (Å²) in [6, 6.07) is 6.13. The molecule has 1 aliphatic heterocycles. The van der Waals surface area contributed by atoms with Gasteiger partial charge < -0.3 is 15.0 Å². The lowest BCUT2D eigenvalue weighted by molar-refractivity contribution is 0.390. The third-order valence-electron chi connectivity index (χ3n) is 3.99. The molecule has 5 heteroatoms. The van der Waals surface area contributed by atoms with E-state index >= 15 is 0 Å². The fourth-order valence-corrected chi connectivity index (χ4v) is 2.79. The first-order valence-corrected chi connectivity index (χ1v) is 7.00. The quantitative estimate of drug-likeness (QED) is 0.925. The third-order valence-corrected chi connectivity index (χ3v) is 3.99. The molecule has 0 radical (unpaired) electrons. The number of nitrogens with zero attached hydrogens (tertiary/aromatic N) is 3. The molecule has 0 saturated heterocycles. The second-order valence-electron chi connectivity index (χ2n) is 5.39. The summed E-state index contributed by atoms with van der Waals surface area (Å²) >= 11 is 0. The van der Waals surface area contributed by atoms with Crippen LogP contribution in [0.2, 0.25) is 0 Å². The molecule has 1 aromatic heterocycles. The summed E-state index contributed by atoms with van der Waals surface area (Å²) < 4.78 is 7.65. The van der Waals surface area contributed by atoms with Crippen LogP contribution >= 0.6 is 0 Å². The van der Waals surface area contributed by atoms with E-state index in [-0.39, 0.29) is 0 Å². The van der Waals surface area contributed by atoms with Crippen LogP contribution in [0.3, 0.4) is 0 Å². The first-order chi connectivity index (χ1) is 9.72.